The molecule has 0 bridgehead atoms. The van der Waals surface area contributed by atoms with Crippen molar-refractivity contribution in [1.29, 1.82) is 0 Å². The number of hydrogen-bond donors (Lipinski definition) is 1. The summed E-state index contributed by atoms with van der Waals surface area (Å²) in [5, 5.41) is 3.31. The summed E-state index contributed by atoms with van der Waals surface area (Å²) in [7, 11) is 0. The third kappa shape index (κ3) is 4.94. The average Bonchev–Trinajstić information content (AvgIpc) is 2.31. The zero-order valence-corrected chi connectivity index (χ0v) is 13.2. The Morgan fingerprint density at radius 3 is 2.35 bits per heavy atom. The molecular formula is C15H29N3O2. The summed E-state index contributed by atoms with van der Waals surface area (Å²) in [6.45, 7) is 12.8. The summed E-state index contributed by atoms with van der Waals surface area (Å²) >= 11 is 0. The van der Waals surface area contributed by atoms with Gasteiger partial charge in [0.15, 0.2) is 0 Å². The lowest BCUT2D eigenvalue weighted by molar-refractivity contribution is 0.0143. The first-order valence-electron chi connectivity index (χ1n) is 7.85. The van der Waals surface area contributed by atoms with Crippen LogP contribution in [-0.2, 0) is 4.74 Å². The molecule has 0 unspecified atom stereocenters. The average molecular weight is 283 g/mol. The van der Waals surface area contributed by atoms with Gasteiger partial charge in [-0.15, -0.1) is 0 Å². The van der Waals surface area contributed by atoms with Gasteiger partial charge in [-0.25, -0.2) is 4.79 Å². The van der Waals surface area contributed by atoms with Gasteiger partial charge in [-0.05, 0) is 59.2 Å². The normalized spacial score (nSPS) is 21.6. The van der Waals surface area contributed by atoms with E-state index in [1.54, 1.807) is 0 Å². The maximum atomic E-state index is 11.9. The number of piperazine rings is 1. The van der Waals surface area contributed by atoms with Crippen molar-refractivity contribution in [3.05, 3.63) is 0 Å². The molecule has 116 valence electrons. The van der Waals surface area contributed by atoms with E-state index in [2.05, 4.69) is 10.2 Å². The van der Waals surface area contributed by atoms with E-state index in [4.69, 9.17) is 4.74 Å². The SMILES string of the molecule is CC(C)(C)OC(=O)N1CCN(CCCC2CNC2)CC1. The van der Waals surface area contributed by atoms with Crippen molar-refractivity contribution in [3.63, 3.8) is 0 Å². The van der Waals surface area contributed by atoms with Crippen molar-refractivity contribution in [2.24, 2.45) is 5.92 Å². The second-order valence-electron chi connectivity index (χ2n) is 6.98. The highest BCUT2D eigenvalue weighted by molar-refractivity contribution is 5.68. The van der Waals surface area contributed by atoms with Crippen LogP contribution in [-0.4, -0.2) is 67.3 Å². The van der Waals surface area contributed by atoms with Gasteiger partial charge in [-0.2, -0.15) is 0 Å². The molecule has 5 heteroatoms. The molecule has 0 spiro atoms. The molecule has 0 aromatic heterocycles. The monoisotopic (exact) mass is 283 g/mol. The maximum Gasteiger partial charge on any atom is 0.410 e. The predicted molar refractivity (Wildman–Crippen MR) is 79.8 cm³/mol. The van der Waals surface area contributed by atoms with Crippen LogP contribution in [0, 0.1) is 5.92 Å². The molecule has 2 aliphatic heterocycles. The Balaban J connectivity index is 1.60. The minimum atomic E-state index is -0.398. The second-order valence-corrected chi connectivity index (χ2v) is 6.98. The first kappa shape index (κ1) is 15.6. The van der Waals surface area contributed by atoms with Gasteiger partial charge >= 0.3 is 6.09 Å². The topological polar surface area (TPSA) is 44.8 Å². The molecule has 0 aliphatic carbocycles. The molecule has 2 aliphatic rings. The zero-order valence-electron chi connectivity index (χ0n) is 13.2. The summed E-state index contributed by atoms with van der Waals surface area (Å²) in [5.41, 5.74) is -0.398. The smallest absolute Gasteiger partial charge is 0.410 e. The highest BCUT2D eigenvalue weighted by Gasteiger charge is 2.25. The van der Waals surface area contributed by atoms with Crippen molar-refractivity contribution >= 4 is 6.09 Å². The Morgan fingerprint density at radius 1 is 1.20 bits per heavy atom. The molecule has 0 radical (unpaired) electrons. The van der Waals surface area contributed by atoms with Crippen molar-refractivity contribution in [2.45, 2.75) is 39.2 Å². The van der Waals surface area contributed by atoms with Gasteiger partial charge in [-0.1, -0.05) is 0 Å². The predicted octanol–water partition coefficient (Wildman–Crippen LogP) is 1.54. The molecule has 0 aromatic rings. The molecular weight excluding hydrogens is 254 g/mol. The lowest BCUT2D eigenvalue weighted by Crippen LogP contribution is -2.50. The van der Waals surface area contributed by atoms with E-state index < -0.39 is 5.60 Å². The quantitative estimate of drug-likeness (QED) is 0.850. The van der Waals surface area contributed by atoms with Gasteiger partial charge in [0.25, 0.3) is 0 Å². The van der Waals surface area contributed by atoms with E-state index in [0.717, 1.165) is 32.1 Å². The fourth-order valence-electron chi connectivity index (χ4n) is 2.64. The third-order valence-electron chi connectivity index (χ3n) is 3.98. The van der Waals surface area contributed by atoms with Crippen LogP contribution in [0.2, 0.25) is 0 Å². The van der Waals surface area contributed by atoms with Crippen molar-refractivity contribution in [1.82, 2.24) is 15.1 Å². The first-order valence-corrected chi connectivity index (χ1v) is 7.85. The number of carbonyl (C=O) groups excluding carboxylic acids is 1. The Hall–Kier alpha value is -0.810. The number of nitrogens with zero attached hydrogens (tertiary/aromatic N) is 2. The fraction of sp³-hybridized carbons (Fsp3) is 0.933. The van der Waals surface area contributed by atoms with Crippen LogP contribution in [0.5, 0.6) is 0 Å². The summed E-state index contributed by atoms with van der Waals surface area (Å²) in [4.78, 5) is 16.2. The van der Waals surface area contributed by atoms with Crippen LogP contribution in [0.3, 0.4) is 0 Å². The lowest BCUT2D eigenvalue weighted by atomic mass is 9.97. The summed E-state index contributed by atoms with van der Waals surface area (Å²) in [5.74, 6) is 0.901. The van der Waals surface area contributed by atoms with E-state index in [1.807, 2.05) is 25.7 Å². The molecule has 2 fully saturated rings. The lowest BCUT2D eigenvalue weighted by Gasteiger charge is -2.36. The van der Waals surface area contributed by atoms with Gasteiger partial charge < -0.3 is 15.0 Å². The summed E-state index contributed by atoms with van der Waals surface area (Å²) in [6, 6.07) is 0. The summed E-state index contributed by atoms with van der Waals surface area (Å²) < 4.78 is 5.41. The van der Waals surface area contributed by atoms with Crippen molar-refractivity contribution in [2.75, 3.05) is 45.8 Å². The second kappa shape index (κ2) is 6.76. The highest BCUT2D eigenvalue weighted by atomic mass is 16.6. The Bertz CT molecular complexity index is 316. The number of nitrogens with one attached hydrogen (secondary N) is 1. The standard InChI is InChI=1S/C15H29N3O2/c1-15(2,3)20-14(19)18-9-7-17(8-10-18)6-4-5-13-11-16-12-13/h13,16H,4-12H2,1-3H3. The van der Waals surface area contributed by atoms with Gasteiger partial charge in [0.05, 0.1) is 0 Å². The van der Waals surface area contributed by atoms with E-state index in [0.29, 0.717) is 0 Å². The summed E-state index contributed by atoms with van der Waals surface area (Å²) in [6.07, 6.45) is 2.44. The maximum absolute atomic E-state index is 11.9. The fourth-order valence-corrected chi connectivity index (χ4v) is 2.64. The van der Waals surface area contributed by atoms with Gasteiger partial charge in [-0.3, -0.25) is 4.90 Å². The van der Waals surface area contributed by atoms with Gasteiger partial charge in [0.2, 0.25) is 0 Å². The molecule has 1 amide bonds. The number of carbonyl (C=O) groups is 1. The molecule has 0 atom stereocenters. The Kier molecular flexibility index (Phi) is 5.27. The number of rotatable bonds is 4. The van der Waals surface area contributed by atoms with E-state index in [-0.39, 0.29) is 6.09 Å². The number of hydrogen-bond acceptors (Lipinski definition) is 4. The minimum Gasteiger partial charge on any atom is -0.444 e. The molecule has 20 heavy (non-hydrogen) atoms. The molecule has 5 nitrogen and oxygen atoms in total. The van der Waals surface area contributed by atoms with E-state index >= 15 is 0 Å². The van der Waals surface area contributed by atoms with Crippen LogP contribution in [0.4, 0.5) is 4.79 Å². The Morgan fingerprint density at radius 2 is 1.85 bits per heavy atom. The minimum absolute atomic E-state index is 0.169. The molecule has 2 rings (SSSR count). The molecule has 2 heterocycles. The number of ether oxygens (including phenoxy) is 1. The van der Waals surface area contributed by atoms with Crippen LogP contribution >= 0.6 is 0 Å². The number of amides is 1. The first-order chi connectivity index (χ1) is 9.44. The van der Waals surface area contributed by atoms with Crippen LogP contribution in [0.15, 0.2) is 0 Å². The van der Waals surface area contributed by atoms with Gasteiger partial charge in [0.1, 0.15) is 5.60 Å². The van der Waals surface area contributed by atoms with Crippen molar-refractivity contribution in [3.8, 4) is 0 Å². The largest absolute Gasteiger partial charge is 0.444 e. The molecule has 1 N–H and O–H groups in total. The van der Waals surface area contributed by atoms with Crippen LogP contribution in [0.1, 0.15) is 33.6 Å². The molecule has 0 saturated carbocycles. The van der Waals surface area contributed by atoms with Crippen LogP contribution in [0.25, 0.3) is 0 Å². The van der Waals surface area contributed by atoms with E-state index in [1.165, 1.54) is 32.5 Å². The van der Waals surface area contributed by atoms with E-state index in [9.17, 15) is 4.79 Å². The van der Waals surface area contributed by atoms with Gasteiger partial charge in [0, 0.05) is 26.2 Å². The van der Waals surface area contributed by atoms with Crippen molar-refractivity contribution < 1.29 is 9.53 Å². The zero-order chi connectivity index (χ0) is 14.6. The molecule has 0 aromatic carbocycles. The van der Waals surface area contributed by atoms with Crippen LogP contribution < -0.4 is 5.32 Å². The molecule has 2 saturated heterocycles. The third-order valence-corrected chi connectivity index (χ3v) is 3.98. The highest BCUT2D eigenvalue weighted by Crippen LogP contribution is 2.14. The Labute approximate surface area is 122 Å².